The van der Waals surface area contributed by atoms with Crippen molar-refractivity contribution in [3.63, 3.8) is 0 Å². The number of aromatic nitrogens is 2. The van der Waals surface area contributed by atoms with Gasteiger partial charge in [0.05, 0.1) is 39.3 Å². The van der Waals surface area contributed by atoms with Crippen molar-refractivity contribution in [3.05, 3.63) is 36.2 Å². The number of hydrogen-bond donors (Lipinski definition) is 2. The molecule has 20 heavy (non-hydrogen) atoms. The molecule has 2 N–H and O–H groups in total. The highest BCUT2D eigenvalue weighted by Gasteiger charge is 2.03. The molecule has 0 spiro atoms. The molecule has 0 aliphatic carbocycles. The quantitative estimate of drug-likeness (QED) is 0.803. The molecule has 0 fully saturated rings. The summed E-state index contributed by atoms with van der Waals surface area (Å²) in [5, 5.41) is 16.2. The fourth-order valence-corrected chi connectivity index (χ4v) is 1.85. The summed E-state index contributed by atoms with van der Waals surface area (Å²) >= 11 is 0. The highest BCUT2D eigenvalue weighted by Crippen LogP contribution is 2.23. The Morgan fingerprint density at radius 2 is 1.90 bits per heavy atom. The molecule has 0 saturated heterocycles. The van der Waals surface area contributed by atoms with E-state index in [-0.39, 0.29) is 6.61 Å². The van der Waals surface area contributed by atoms with Crippen LogP contribution in [0.4, 0.5) is 5.69 Å². The van der Waals surface area contributed by atoms with Crippen LogP contribution in [0.3, 0.4) is 0 Å². The lowest BCUT2D eigenvalue weighted by molar-refractivity contribution is 0.269. The first-order valence-electron chi connectivity index (χ1n) is 6.34. The summed E-state index contributed by atoms with van der Waals surface area (Å²) in [6.07, 6.45) is 3.58. The number of hydrogen-bond acceptors (Lipinski definition) is 5. The van der Waals surface area contributed by atoms with E-state index < -0.39 is 0 Å². The number of rotatable bonds is 7. The predicted molar refractivity (Wildman–Crippen MR) is 76.2 cm³/mol. The Kier molecular flexibility index (Phi) is 4.84. The van der Waals surface area contributed by atoms with Crippen molar-refractivity contribution < 1.29 is 14.6 Å². The lowest BCUT2D eigenvalue weighted by atomic mass is 10.2. The summed E-state index contributed by atoms with van der Waals surface area (Å²) in [6.45, 7) is 1.21. The van der Waals surface area contributed by atoms with Gasteiger partial charge in [0.1, 0.15) is 11.5 Å². The van der Waals surface area contributed by atoms with E-state index >= 15 is 0 Å². The van der Waals surface area contributed by atoms with E-state index in [1.54, 1.807) is 25.1 Å². The van der Waals surface area contributed by atoms with Crippen LogP contribution in [0.15, 0.2) is 30.6 Å². The number of aliphatic hydroxyl groups excluding tert-OH is 1. The minimum atomic E-state index is 0.0776. The first-order chi connectivity index (χ1) is 9.75. The third kappa shape index (κ3) is 3.64. The topological polar surface area (TPSA) is 68.5 Å². The number of nitrogens with zero attached hydrogens (tertiary/aromatic N) is 2. The van der Waals surface area contributed by atoms with Gasteiger partial charge in [0.15, 0.2) is 0 Å². The Balaban J connectivity index is 2.02. The van der Waals surface area contributed by atoms with Crippen LogP contribution in [0.25, 0.3) is 0 Å². The maximum atomic E-state index is 8.84. The molecule has 6 nitrogen and oxygen atoms in total. The normalized spacial score (nSPS) is 10.3. The van der Waals surface area contributed by atoms with Gasteiger partial charge in [-0.15, -0.1) is 0 Å². The maximum absolute atomic E-state index is 8.84. The molecular formula is C14H19N3O3. The van der Waals surface area contributed by atoms with Gasteiger partial charge < -0.3 is 19.9 Å². The summed E-state index contributed by atoms with van der Waals surface area (Å²) in [5.41, 5.74) is 1.95. The molecule has 0 aliphatic rings. The fourth-order valence-electron chi connectivity index (χ4n) is 1.85. The summed E-state index contributed by atoms with van der Waals surface area (Å²) < 4.78 is 12.2. The van der Waals surface area contributed by atoms with Crippen LogP contribution in [-0.4, -0.2) is 35.7 Å². The fraction of sp³-hybridized carbons (Fsp3) is 0.357. The highest BCUT2D eigenvalue weighted by molar-refractivity contribution is 5.43. The first kappa shape index (κ1) is 14.2. The third-order valence-corrected chi connectivity index (χ3v) is 2.87. The average Bonchev–Trinajstić information content (AvgIpc) is 2.93. The molecule has 0 bridgehead atoms. The van der Waals surface area contributed by atoms with Gasteiger partial charge in [0, 0.05) is 18.8 Å². The molecule has 0 aliphatic heterocycles. The largest absolute Gasteiger partial charge is 0.497 e. The Bertz CT molecular complexity index is 532. The second-order valence-electron chi connectivity index (χ2n) is 4.29. The molecule has 1 aromatic carbocycles. The number of anilines is 1. The van der Waals surface area contributed by atoms with Gasteiger partial charge in [-0.3, -0.25) is 4.68 Å². The summed E-state index contributed by atoms with van der Waals surface area (Å²) in [7, 11) is 3.26. The van der Waals surface area contributed by atoms with E-state index in [0.29, 0.717) is 13.1 Å². The molecule has 0 saturated carbocycles. The van der Waals surface area contributed by atoms with Gasteiger partial charge in [-0.2, -0.15) is 5.10 Å². The molecule has 0 amide bonds. The van der Waals surface area contributed by atoms with Gasteiger partial charge >= 0.3 is 0 Å². The van der Waals surface area contributed by atoms with Gasteiger partial charge in [-0.05, 0) is 17.7 Å². The van der Waals surface area contributed by atoms with Crippen molar-refractivity contribution in [2.45, 2.75) is 13.1 Å². The van der Waals surface area contributed by atoms with Crippen LogP contribution < -0.4 is 14.8 Å². The number of methoxy groups -OCH3 is 2. The zero-order valence-corrected chi connectivity index (χ0v) is 11.7. The molecular weight excluding hydrogens is 258 g/mol. The van der Waals surface area contributed by atoms with Crippen LogP contribution in [0.5, 0.6) is 11.5 Å². The number of nitrogens with one attached hydrogen (secondary N) is 1. The van der Waals surface area contributed by atoms with Crippen LogP contribution in [0.2, 0.25) is 0 Å². The minimum Gasteiger partial charge on any atom is -0.497 e. The van der Waals surface area contributed by atoms with Gasteiger partial charge in [0.25, 0.3) is 0 Å². The molecule has 2 aromatic rings. The van der Waals surface area contributed by atoms with Crippen molar-refractivity contribution in [2.75, 3.05) is 26.1 Å². The number of ether oxygens (including phenoxy) is 2. The zero-order chi connectivity index (χ0) is 14.4. The average molecular weight is 277 g/mol. The second-order valence-corrected chi connectivity index (χ2v) is 4.29. The summed E-state index contributed by atoms with van der Waals surface area (Å²) in [6, 6.07) is 5.74. The van der Waals surface area contributed by atoms with E-state index in [1.807, 2.05) is 24.4 Å². The Morgan fingerprint density at radius 1 is 1.20 bits per heavy atom. The minimum absolute atomic E-state index is 0.0776. The SMILES string of the molecule is COc1cc(CNc2cnn(CCO)c2)cc(OC)c1. The maximum Gasteiger partial charge on any atom is 0.122 e. The summed E-state index contributed by atoms with van der Waals surface area (Å²) in [5.74, 6) is 1.52. The van der Waals surface area contributed by atoms with Crippen molar-refractivity contribution in [1.82, 2.24) is 9.78 Å². The lowest BCUT2D eigenvalue weighted by Gasteiger charge is -2.09. The van der Waals surface area contributed by atoms with Crippen molar-refractivity contribution in [2.24, 2.45) is 0 Å². The van der Waals surface area contributed by atoms with Crippen LogP contribution in [0, 0.1) is 0 Å². The van der Waals surface area contributed by atoms with Crippen molar-refractivity contribution in [3.8, 4) is 11.5 Å². The second kappa shape index (κ2) is 6.81. The smallest absolute Gasteiger partial charge is 0.122 e. The van der Waals surface area contributed by atoms with E-state index in [4.69, 9.17) is 14.6 Å². The molecule has 108 valence electrons. The summed E-state index contributed by atoms with van der Waals surface area (Å²) in [4.78, 5) is 0. The molecule has 0 radical (unpaired) electrons. The van der Waals surface area contributed by atoms with Crippen LogP contribution >= 0.6 is 0 Å². The highest BCUT2D eigenvalue weighted by atomic mass is 16.5. The Morgan fingerprint density at radius 3 is 2.50 bits per heavy atom. The monoisotopic (exact) mass is 277 g/mol. The Labute approximate surface area is 117 Å². The Hall–Kier alpha value is -2.21. The molecule has 2 rings (SSSR count). The molecule has 0 unspecified atom stereocenters. The van der Waals surface area contributed by atoms with Gasteiger partial charge in [-0.1, -0.05) is 0 Å². The van der Waals surface area contributed by atoms with E-state index in [2.05, 4.69) is 10.4 Å². The standard InChI is InChI=1S/C14H19N3O3/c1-19-13-5-11(6-14(7-13)20-2)8-15-12-9-16-17(10-12)3-4-18/h5-7,9-10,15,18H,3-4,8H2,1-2H3. The predicted octanol–water partition coefficient (Wildman–Crippen LogP) is 1.50. The lowest BCUT2D eigenvalue weighted by Crippen LogP contribution is -2.02. The molecule has 1 heterocycles. The van der Waals surface area contributed by atoms with Crippen molar-refractivity contribution >= 4 is 5.69 Å². The molecule has 0 atom stereocenters. The van der Waals surface area contributed by atoms with E-state index in [9.17, 15) is 0 Å². The molecule has 6 heteroatoms. The van der Waals surface area contributed by atoms with Crippen LogP contribution in [0.1, 0.15) is 5.56 Å². The van der Waals surface area contributed by atoms with E-state index in [0.717, 1.165) is 22.7 Å². The number of aliphatic hydroxyl groups is 1. The van der Waals surface area contributed by atoms with Crippen molar-refractivity contribution in [1.29, 1.82) is 0 Å². The molecule has 1 aromatic heterocycles. The van der Waals surface area contributed by atoms with E-state index in [1.165, 1.54) is 0 Å². The zero-order valence-electron chi connectivity index (χ0n) is 11.7. The van der Waals surface area contributed by atoms with Crippen LogP contribution in [-0.2, 0) is 13.1 Å². The van der Waals surface area contributed by atoms with Gasteiger partial charge in [-0.25, -0.2) is 0 Å². The number of benzene rings is 1. The third-order valence-electron chi connectivity index (χ3n) is 2.87. The van der Waals surface area contributed by atoms with Gasteiger partial charge in [0.2, 0.25) is 0 Å². The first-order valence-corrected chi connectivity index (χ1v) is 6.34.